The first-order valence-corrected chi connectivity index (χ1v) is 9.83. The van der Waals surface area contributed by atoms with Gasteiger partial charge in [0.2, 0.25) is 5.88 Å². The SMILES string of the molecule is CCCN=c1sc(/C=C2/C=C(Cl)C(=O)CC2)c(O)n1-c1ccccc1C. The molecule has 0 spiro atoms. The van der Waals surface area contributed by atoms with Crippen LogP contribution in [0.5, 0.6) is 5.88 Å². The number of allylic oxidation sites excluding steroid dienone is 3. The Morgan fingerprint density at radius 3 is 2.81 bits per heavy atom. The van der Waals surface area contributed by atoms with E-state index in [4.69, 9.17) is 11.6 Å². The lowest BCUT2D eigenvalue weighted by atomic mass is 10.0. The van der Waals surface area contributed by atoms with Crippen LogP contribution < -0.4 is 4.80 Å². The van der Waals surface area contributed by atoms with Crippen molar-refractivity contribution in [2.75, 3.05) is 6.54 Å². The molecule has 1 aromatic carbocycles. The van der Waals surface area contributed by atoms with Gasteiger partial charge in [0.25, 0.3) is 0 Å². The van der Waals surface area contributed by atoms with Crippen LogP contribution in [0.15, 0.2) is 45.9 Å². The average molecular weight is 389 g/mol. The van der Waals surface area contributed by atoms with Gasteiger partial charge in [-0.25, -0.2) is 0 Å². The molecule has 136 valence electrons. The van der Waals surface area contributed by atoms with Crippen molar-refractivity contribution in [3.63, 3.8) is 0 Å². The van der Waals surface area contributed by atoms with E-state index in [1.165, 1.54) is 11.3 Å². The molecule has 0 fully saturated rings. The second kappa shape index (κ2) is 8.06. The van der Waals surface area contributed by atoms with Gasteiger partial charge in [-0.05, 0) is 49.1 Å². The molecule has 1 N–H and O–H groups in total. The number of rotatable bonds is 4. The number of aromatic nitrogens is 1. The Hall–Kier alpha value is -2.11. The summed E-state index contributed by atoms with van der Waals surface area (Å²) in [4.78, 5) is 17.7. The molecule has 2 aromatic rings. The number of carbonyl (C=O) groups excluding carboxylic acids is 1. The van der Waals surface area contributed by atoms with E-state index >= 15 is 0 Å². The summed E-state index contributed by atoms with van der Waals surface area (Å²) < 4.78 is 1.79. The molecule has 0 saturated heterocycles. The predicted octanol–water partition coefficient (Wildman–Crippen LogP) is 4.73. The molecule has 1 aliphatic rings. The quantitative estimate of drug-likeness (QED) is 0.822. The summed E-state index contributed by atoms with van der Waals surface area (Å²) in [6.07, 6.45) is 5.54. The Bertz CT molecular complexity index is 966. The van der Waals surface area contributed by atoms with E-state index in [0.717, 1.165) is 28.0 Å². The lowest BCUT2D eigenvalue weighted by Gasteiger charge is -2.10. The Morgan fingerprint density at radius 2 is 2.12 bits per heavy atom. The topological polar surface area (TPSA) is 54.6 Å². The second-order valence-electron chi connectivity index (χ2n) is 6.21. The van der Waals surface area contributed by atoms with E-state index in [2.05, 4.69) is 11.9 Å². The number of nitrogens with zero attached hydrogens (tertiary/aromatic N) is 2. The van der Waals surface area contributed by atoms with Crippen LogP contribution in [0.4, 0.5) is 0 Å². The van der Waals surface area contributed by atoms with Gasteiger partial charge in [0.15, 0.2) is 10.6 Å². The number of para-hydroxylation sites is 1. The van der Waals surface area contributed by atoms with Crippen LogP contribution in [0.25, 0.3) is 11.8 Å². The van der Waals surface area contributed by atoms with Gasteiger partial charge < -0.3 is 5.11 Å². The molecule has 6 heteroatoms. The molecule has 3 rings (SSSR count). The Kier molecular flexibility index (Phi) is 5.79. The number of benzene rings is 1. The number of hydrogen-bond donors (Lipinski definition) is 1. The first kappa shape index (κ1) is 18.7. The van der Waals surface area contributed by atoms with Crippen LogP contribution in [0.2, 0.25) is 0 Å². The van der Waals surface area contributed by atoms with Crippen molar-refractivity contribution in [2.24, 2.45) is 4.99 Å². The molecule has 0 bridgehead atoms. The normalized spacial score (nSPS) is 17.0. The van der Waals surface area contributed by atoms with Gasteiger partial charge in [0.05, 0.1) is 15.6 Å². The van der Waals surface area contributed by atoms with E-state index in [-0.39, 0.29) is 16.7 Å². The van der Waals surface area contributed by atoms with Gasteiger partial charge in [-0.2, -0.15) is 0 Å². The van der Waals surface area contributed by atoms with Crippen LogP contribution in [0, 0.1) is 6.92 Å². The first-order chi connectivity index (χ1) is 12.5. The fraction of sp³-hybridized carbons (Fsp3) is 0.300. The molecular weight excluding hydrogens is 368 g/mol. The van der Waals surface area contributed by atoms with E-state index in [1.54, 1.807) is 10.6 Å². The Morgan fingerprint density at radius 1 is 1.35 bits per heavy atom. The molecule has 0 atom stereocenters. The van der Waals surface area contributed by atoms with Crippen molar-refractivity contribution >= 4 is 34.8 Å². The van der Waals surface area contributed by atoms with E-state index < -0.39 is 0 Å². The molecule has 0 amide bonds. The number of hydrogen-bond acceptors (Lipinski definition) is 4. The van der Waals surface area contributed by atoms with Crippen molar-refractivity contribution in [2.45, 2.75) is 33.1 Å². The Balaban J connectivity index is 2.15. The third-order valence-corrected chi connectivity index (χ3v) is 5.52. The van der Waals surface area contributed by atoms with Crippen LogP contribution in [0.3, 0.4) is 0 Å². The molecular formula is C20H21ClN2O2S. The van der Waals surface area contributed by atoms with Gasteiger partial charge in [-0.1, -0.05) is 48.1 Å². The van der Waals surface area contributed by atoms with E-state index in [1.807, 2.05) is 37.3 Å². The number of aryl methyl sites for hydroxylation is 1. The van der Waals surface area contributed by atoms with Crippen LogP contribution >= 0.6 is 22.9 Å². The maximum atomic E-state index is 11.6. The second-order valence-corrected chi connectivity index (χ2v) is 7.63. The minimum atomic E-state index is -0.0344. The summed E-state index contributed by atoms with van der Waals surface area (Å²) in [5, 5.41) is 11.1. The lowest BCUT2D eigenvalue weighted by Crippen LogP contribution is -2.14. The Labute approximate surface area is 161 Å². The zero-order valence-electron chi connectivity index (χ0n) is 14.8. The summed E-state index contributed by atoms with van der Waals surface area (Å²) >= 11 is 7.42. The number of halogens is 1. The molecule has 0 saturated carbocycles. The largest absolute Gasteiger partial charge is 0.493 e. The molecule has 1 aliphatic carbocycles. The number of carbonyl (C=O) groups is 1. The summed E-state index contributed by atoms with van der Waals surface area (Å²) in [5.74, 6) is 0.126. The highest BCUT2D eigenvalue weighted by atomic mass is 35.5. The number of ketones is 1. The maximum Gasteiger partial charge on any atom is 0.215 e. The highest BCUT2D eigenvalue weighted by Crippen LogP contribution is 2.30. The summed E-state index contributed by atoms with van der Waals surface area (Å²) in [5.41, 5.74) is 2.90. The predicted molar refractivity (Wildman–Crippen MR) is 107 cm³/mol. The summed E-state index contributed by atoms with van der Waals surface area (Å²) in [6, 6.07) is 7.90. The van der Waals surface area contributed by atoms with Crippen molar-refractivity contribution in [3.8, 4) is 11.6 Å². The first-order valence-electron chi connectivity index (χ1n) is 8.63. The molecule has 0 unspecified atom stereocenters. The third kappa shape index (κ3) is 3.84. The molecule has 0 radical (unpaired) electrons. The van der Waals surface area contributed by atoms with Gasteiger partial charge in [0.1, 0.15) is 0 Å². The monoisotopic (exact) mass is 388 g/mol. The molecule has 26 heavy (non-hydrogen) atoms. The van der Waals surface area contributed by atoms with Gasteiger partial charge in [0, 0.05) is 13.0 Å². The minimum absolute atomic E-state index is 0.0344. The standard InChI is InChI=1S/C20H21ClN2O2S/c1-3-10-22-20-23(16-7-5-4-6-13(16)2)19(25)18(26-20)12-14-8-9-17(24)15(21)11-14/h4-7,11-12,25H,3,8-10H2,1-2H3/b14-12+,22-20?. The number of aromatic hydroxyl groups is 1. The minimum Gasteiger partial charge on any atom is -0.493 e. The maximum absolute atomic E-state index is 11.6. The molecule has 1 aromatic heterocycles. The van der Waals surface area contributed by atoms with Crippen LogP contribution in [-0.4, -0.2) is 22.0 Å². The highest BCUT2D eigenvalue weighted by Gasteiger charge is 2.18. The fourth-order valence-corrected chi connectivity index (χ4v) is 4.06. The van der Waals surface area contributed by atoms with Crippen molar-refractivity contribution in [3.05, 3.63) is 56.2 Å². The van der Waals surface area contributed by atoms with Crippen LogP contribution in [-0.2, 0) is 4.79 Å². The number of Topliss-reactive ketones (excluding diaryl/α,β-unsaturated/α-hetero) is 1. The zero-order chi connectivity index (χ0) is 18.7. The smallest absolute Gasteiger partial charge is 0.215 e. The van der Waals surface area contributed by atoms with Gasteiger partial charge in [-0.3, -0.25) is 14.4 Å². The van der Waals surface area contributed by atoms with Crippen molar-refractivity contribution in [1.29, 1.82) is 0 Å². The summed E-state index contributed by atoms with van der Waals surface area (Å²) in [6.45, 7) is 4.78. The number of thiazole rings is 1. The van der Waals surface area contributed by atoms with Crippen LogP contribution in [0.1, 0.15) is 36.6 Å². The molecule has 4 nitrogen and oxygen atoms in total. The fourth-order valence-electron chi connectivity index (χ4n) is 2.80. The van der Waals surface area contributed by atoms with E-state index in [0.29, 0.717) is 24.3 Å². The van der Waals surface area contributed by atoms with Gasteiger partial charge >= 0.3 is 0 Å². The summed E-state index contributed by atoms with van der Waals surface area (Å²) in [7, 11) is 0. The van der Waals surface area contributed by atoms with E-state index in [9.17, 15) is 9.90 Å². The third-order valence-electron chi connectivity index (χ3n) is 4.19. The molecule has 0 aliphatic heterocycles. The highest BCUT2D eigenvalue weighted by molar-refractivity contribution is 7.10. The van der Waals surface area contributed by atoms with Gasteiger partial charge in [-0.15, -0.1) is 0 Å². The van der Waals surface area contributed by atoms with Crippen molar-refractivity contribution in [1.82, 2.24) is 4.57 Å². The molecule has 1 heterocycles. The average Bonchev–Trinajstić information content (AvgIpc) is 2.92. The van der Waals surface area contributed by atoms with Crippen molar-refractivity contribution < 1.29 is 9.90 Å². The lowest BCUT2D eigenvalue weighted by molar-refractivity contribution is -0.115. The zero-order valence-corrected chi connectivity index (χ0v) is 16.4.